The molecule has 0 aliphatic heterocycles. The standard InChI is InChI=1S/2C3H5O5P.Zn/c2*1-2-7-9(6)8-3(4)5;/h2*2H2,1H3;/q;;+2. The molecule has 0 aromatic rings. The van der Waals surface area contributed by atoms with Gasteiger partial charge in [0.05, 0.1) is 0 Å². The Morgan fingerprint density at radius 3 is 1.32 bits per heavy atom. The molecule has 19 heavy (non-hydrogen) atoms. The molecule has 0 rings (SSSR count). The van der Waals surface area contributed by atoms with Crippen molar-refractivity contribution in [2.45, 2.75) is 13.8 Å². The summed E-state index contributed by atoms with van der Waals surface area (Å²) in [6.45, 7) is 3.41. The zero-order valence-electron chi connectivity index (χ0n) is 10.1. The molecule has 0 amide bonds. The van der Waals surface area contributed by atoms with E-state index in [0.717, 1.165) is 0 Å². The minimum Gasteiger partial charge on any atom is -0.423 e. The third kappa shape index (κ3) is 22.9. The molecule has 0 saturated heterocycles. The zero-order chi connectivity index (χ0) is 14.6. The Bertz CT molecular complexity index is 278. The third-order valence-electron chi connectivity index (χ3n) is 0.767. The van der Waals surface area contributed by atoms with Gasteiger partial charge in [0, 0.05) is 9.13 Å². The van der Waals surface area contributed by atoms with Gasteiger partial charge in [0.15, 0.2) is 0 Å². The summed E-state index contributed by atoms with van der Waals surface area (Å²) in [7, 11) is -5.06. The second-order valence-corrected chi connectivity index (χ2v) is 3.74. The summed E-state index contributed by atoms with van der Waals surface area (Å²) in [5.74, 6) is 0. The summed E-state index contributed by atoms with van der Waals surface area (Å²) in [6, 6.07) is 0. The second-order valence-electron chi connectivity index (χ2n) is 1.97. The van der Waals surface area contributed by atoms with E-state index in [4.69, 9.17) is 0 Å². The van der Waals surface area contributed by atoms with E-state index in [9.17, 15) is 28.9 Å². The molecule has 0 N–H and O–H groups in total. The summed E-state index contributed by atoms with van der Waals surface area (Å²) in [4.78, 5) is 19.0. The molecule has 0 aliphatic rings. The van der Waals surface area contributed by atoms with Gasteiger partial charge in [0.1, 0.15) is 13.2 Å². The second kappa shape index (κ2) is 15.3. The van der Waals surface area contributed by atoms with Crippen LogP contribution in [0.2, 0.25) is 0 Å². The SMILES string of the molecule is CCO[P+](=O)OC(=O)[O-].CCO[P+](=O)OC(=O)[O-].[Zn+2]. The molecule has 10 nitrogen and oxygen atoms in total. The average molecular weight is 369 g/mol. The van der Waals surface area contributed by atoms with Crippen molar-refractivity contribution in [3.8, 4) is 0 Å². The Morgan fingerprint density at radius 2 is 1.16 bits per heavy atom. The van der Waals surface area contributed by atoms with E-state index >= 15 is 0 Å². The van der Waals surface area contributed by atoms with Gasteiger partial charge in [-0.25, -0.2) is 0 Å². The van der Waals surface area contributed by atoms with Gasteiger partial charge in [-0.05, 0) is 13.8 Å². The summed E-state index contributed by atoms with van der Waals surface area (Å²) < 4.78 is 35.9. The molecule has 0 aromatic carbocycles. The van der Waals surface area contributed by atoms with Crippen LogP contribution in [-0.4, -0.2) is 25.5 Å². The van der Waals surface area contributed by atoms with Crippen LogP contribution in [0.1, 0.15) is 13.8 Å². The molecular formula is C6H10O10P2Zn+2. The van der Waals surface area contributed by atoms with Crippen LogP contribution >= 0.6 is 16.5 Å². The van der Waals surface area contributed by atoms with E-state index in [2.05, 4.69) is 18.1 Å². The van der Waals surface area contributed by atoms with Gasteiger partial charge in [-0.3, -0.25) is 9.05 Å². The van der Waals surface area contributed by atoms with Gasteiger partial charge in [-0.15, -0.1) is 9.05 Å². The van der Waals surface area contributed by atoms with Gasteiger partial charge in [0.2, 0.25) is 0 Å². The molecule has 0 radical (unpaired) electrons. The number of carboxylic acid groups (broad SMARTS) is 2. The number of carbonyl (C=O) groups excluding carboxylic acids is 2. The smallest absolute Gasteiger partial charge is 0.423 e. The molecule has 13 heteroatoms. The van der Waals surface area contributed by atoms with Crippen molar-refractivity contribution in [3.63, 3.8) is 0 Å². The molecular weight excluding hydrogens is 359 g/mol. The molecule has 0 bridgehead atoms. The fraction of sp³-hybridized carbons (Fsp3) is 0.667. The van der Waals surface area contributed by atoms with Crippen LogP contribution in [0.3, 0.4) is 0 Å². The molecule has 0 heterocycles. The first-order valence-electron chi connectivity index (χ1n) is 4.31. The molecule has 0 aliphatic carbocycles. The summed E-state index contributed by atoms with van der Waals surface area (Å²) in [5, 5.41) is 19.0. The van der Waals surface area contributed by atoms with Crippen molar-refractivity contribution < 1.29 is 66.5 Å². The van der Waals surface area contributed by atoms with Crippen LogP contribution in [0.15, 0.2) is 0 Å². The van der Waals surface area contributed by atoms with Crippen molar-refractivity contribution in [2.75, 3.05) is 13.2 Å². The monoisotopic (exact) mass is 368 g/mol. The third-order valence-corrected chi connectivity index (χ3v) is 2.30. The van der Waals surface area contributed by atoms with Crippen LogP contribution in [0.25, 0.3) is 0 Å². The molecule has 2 unspecified atom stereocenters. The number of hydrogen-bond donors (Lipinski definition) is 0. The van der Waals surface area contributed by atoms with Crippen molar-refractivity contribution in [1.82, 2.24) is 0 Å². The number of hydrogen-bond acceptors (Lipinski definition) is 10. The largest absolute Gasteiger partial charge is 2.00 e. The maximum absolute atomic E-state index is 10.1. The van der Waals surface area contributed by atoms with E-state index in [-0.39, 0.29) is 32.7 Å². The van der Waals surface area contributed by atoms with Crippen LogP contribution < -0.4 is 10.2 Å². The Balaban J connectivity index is -0.000000256. The first-order chi connectivity index (χ1) is 8.33. The maximum atomic E-state index is 10.1. The molecule has 104 valence electrons. The minimum atomic E-state index is -2.53. The van der Waals surface area contributed by atoms with E-state index in [0.29, 0.717) is 0 Å². The Hall–Kier alpha value is -0.717. The fourth-order valence-electron chi connectivity index (χ4n) is 0.385. The normalized spacial score (nSPS) is 10.0. The van der Waals surface area contributed by atoms with Crippen molar-refractivity contribution >= 4 is 28.8 Å². The van der Waals surface area contributed by atoms with Gasteiger partial charge < -0.3 is 19.8 Å². The first-order valence-corrected chi connectivity index (χ1v) is 6.50. The van der Waals surface area contributed by atoms with Crippen LogP contribution in [0.4, 0.5) is 9.59 Å². The van der Waals surface area contributed by atoms with Crippen LogP contribution in [-0.2, 0) is 46.7 Å². The molecule has 0 spiro atoms. The van der Waals surface area contributed by atoms with Crippen LogP contribution in [0.5, 0.6) is 0 Å². The summed E-state index contributed by atoms with van der Waals surface area (Å²) in [6.07, 6.45) is -3.69. The quantitative estimate of drug-likeness (QED) is 0.464. The molecule has 0 saturated carbocycles. The maximum Gasteiger partial charge on any atom is 2.00 e. The van der Waals surface area contributed by atoms with E-state index in [1.165, 1.54) is 0 Å². The van der Waals surface area contributed by atoms with E-state index in [1.54, 1.807) is 13.8 Å². The number of rotatable bonds is 6. The van der Waals surface area contributed by atoms with Gasteiger partial charge in [-0.2, -0.15) is 0 Å². The van der Waals surface area contributed by atoms with Gasteiger partial charge in [-0.1, -0.05) is 0 Å². The fourth-order valence-corrected chi connectivity index (χ4v) is 1.16. The molecule has 0 fully saturated rings. The van der Waals surface area contributed by atoms with Gasteiger partial charge >= 0.3 is 48.3 Å². The van der Waals surface area contributed by atoms with Crippen molar-refractivity contribution in [3.05, 3.63) is 0 Å². The van der Waals surface area contributed by atoms with Crippen LogP contribution in [0, 0.1) is 0 Å². The average Bonchev–Trinajstić information content (AvgIpc) is 2.16. The Morgan fingerprint density at radius 1 is 0.895 bits per heavy atom. The zero-order valence-corrected chi connectivity index (χ0v) is 14.9. The molecule has 0 aromatic heterocycles. The van der Waals surface area contributed by atoms with Crippen molar-refractivity contribution in [2.24, 2.45) is 0 Å². The first kappa shape index (κ1) is 23.4. The predicted octanol–water partition coefficient (Wildman–Crippen LogP) is 0.0779. The molecule has 2 atom stereocenters. The minimum absolute atomic E-state index is 0. The Kier molecular flexibility index (Phi) is 18.9. The topological polar surface area (TPSA) is 151 Å². The van der Waals surface area contributed by atoms with Gasteiger partial charge in [0.25, 0.3) is 0 Å². The summed E-state index contributed by atoms with van der Waals surface area (Å²) >= 11 is 0. The predicted molar refractivity (Wildman–Crippen MR) is 51.4 cm³/mol. The Labute approximate surface area is 123 Å². The van der Waals surface area contributed by atoms with Crippen molar-refractivity contribution in [1.29, 1.82) is 0 Å². The number of carbonyl (C=O) groups is 2. The van der Waals surface area contributed by atoms with E-state index < -0.39 is 28.8 Å². The summed E-state index contributed by atoms with van der Waals surface area (Å²) in [5.41, 5.74) is 0. The van der Waals surface area contributed by atoms with E-state index in [1.807, 2.05) is 0 Å².